The van der Waals surface area contributed by atoms with E-state index in [1.807, 2.05) is 27.7 Å². The highest BCUT2D eigenvalue weighted by Crippen LogP contribution is 2.61. The molecule has 37 heavy (non-hydrogen) atoms. The first-order valence-corrected chi connectivity index (χ1v) is 13.6. The zero-order chi connectivity index (χ0) is 28.2. The molecule has 0 aliphatic heterocycles. The molecule has 2 heterocycles. The van der Waals surface area contributed by atoms with Crippen LogP contribution in [-0.4, -0.2) is 50.0 Å². The van der Waals surface area contributed by atoms with Gasteiger partial charge in [0, 0.05) is 18.3 Å². The van der Waals surface area contributed by atoms with Gasteiger partial charge in [-0.1, -0.05) is 60.1 Å². The van der Waals surface area contributed by atoms with E-state index in [0.29, 0.717) is 11.1 Å². The predicted molar refractivity (Wildman–Crippen MR) is 141 cm³/mol. The summed E-state index contributed by atoms with van der Waals surface area (Å²) in [6, 6.07) is 0. The van der Waals surface area contributed by atoms with Crippen molar-refractivity contribution in [2.24, 2.45) is 11.3 Å². The Morgan fingerprint density at radius 3 is 2.16 bits per heavy atom. The third-order valence-electron chi connectivity index (χ3n) is 6.75. The average Bonchev–Trinajstić information content (AvgIpc) is 3.50. The summed E-state index contributed by atoms with van der Waals surface area (Å²) in [5.41, 5.74) is 6.85. The number of hydrogen-bond acceptors (Lipinski definition) is 10. The molecule has 2 fully saturated rings. The van der Waals surface area contributed by atoms with Crippen LogP contribution in [0.15, 0.2) is 4.63 Å². The van der Waals surface area contributed by atoms with Crippen molar-refractivity contribution in [2.45, 2.75) is 113 Å². The van der Waals surface area contributed by atoms with Gasteiger partial charge in [0.15, 0.2) is 5.69 Å². The molecule has 0 saturated heterocycles. The van der Waals surface area contributed by atoms with Crippen LogP contribution in [0.25, 0.3) is 5.82 Å². The summed E-state index contributed by atoms with van der Waals surface area (Å²) >= 11 is 0. The molecule has 2 aromatic rings. The number of anilines is 1. The van der Waals surface area contributed by atoms with Gasteiger partial charge < -0.3 is 15.2 Å². The van der Waals surface area contributed by atoms with E-state index in [1.54, 1.807) is 6.92 Å². The smallest absolute Gasteiger partial charge is 0.360 e. The summed E-state index contributed by atoms with van der Waals surface area (Å²) in [4.78, 5) is 22.7. The van der Waals surface area contributed by atoms with Gasteiger partial charge in [0.2, 0.25) is 11.6 Å². The number of nitrogen functional groups attached to an aromatic ring is 1. The summed E-state index contributed by atoms with van der Waals surface area (Å²) in [6.07, 6.45) is 6.79. The van der Waals surface area contributed by atoms with E-state index in [2.05, 4.69) is 46.0 Å². The number of fused-ring (bicyclic) bond motifs is 1. The highest BCUT2D eigenvalue weighted by molar-refractivity contribution is 5.88. The van der Waals surface area contributed by atoms with Crippen molar-refractivity contribution in [3.05, 3.63) is 11.4 Å². The molecule has 2 aliphatic carbocycles. The highest BCUT2D eigenvalue weighted by Gasteiger charge is 2.59. The van der Waals surface area contributed by atoms with E-state index in [-0.39, 0.29) is 41.9 Å². The molecule has 11 nitrogen and oxygen atoms in total. The fourth-order valence-corrected chi connectivity index (χ4v) is 4.53. The predicted octanol–water partition coefficient (Wildman–Crippen LogP) is 5.49. The molecule has 11 heteroatoms. The van der Waals surface area contributed by atoms with Crippen molar-refractivity contribution in [3.8, 4) is 5.82 Å². The molecule has 0 radical (unpaired) electrons. The summed E-state index contributed by atoms with van der Waals surface area (Å²) in [7, 11) is 0. The van der Waals surface area contributed by atoms with Crippen molar-refractivity contribution in [3.63, 3.8) is 0 Å². The van der Waals surface area contributed by atoms with Gasteiger partial charge >= 0.3 is 11.9 Å². The molecule has 3 unspecified atom stereocenters. The van der Waals surface area contributed by atoms with Gasteiger partial charge in [-0.3, -0.25) is 4.79 Å². The largest absolute Gasteiger partial charge is 0.462 e. The third kappa shape index (κ3) is 7.52. The zero-order valence-corrected chi connectivity index (χ0v) is 24.0. The van der Waals surface area contributed by atoms with E-state index in [9.17, 15) is 9.59 Å². The van der Waals surface area contributed by atoms with Gasteiger partial charge in [0.25, 0.3) is 0 Å². The lowest BCUT2D eigenvalue weighted by Crippen LogP contribution is -2.59. The minimum Gasteiger partial charge on any atom is -0.462 e. The Balaban J connectivity index is 0.000000356. The maximum atomic E-state index is 12.0. The molecular weight excluding hydrogens is 476 g/mol. The lowest BCUT2D eigenvalue weighted by molar-refractivity contribution is -0.206. The maximum Gasteiger partial charge on any atom is 0.360 e. The Kier molecular flexibility index (Phi) is 13.3. The number of ether oxygens (including phenoxy) is 2. The van der Waals surface area contributed by atoms with Gasteiger partial charge in [-0.05, 0) is 55.3 Å². The van der Waals surface area contributed by atoms with Crippen molar-refractivity contribution in [2.75, 3.05) is 12.3 Å². The topological polar surface area (TPSA) is 148 Å². The number of carbonyl (C=O) groups excluding carboxylic acids is 2. The standard InChI is InChI=1S/C12H18N6O3.C9H14O2.C3H8.C2H6/c1-4-7(5-2)9-8(12(19)20-6-3)14-17-18(9)11-10(13)15-21-16-11;1-6(10)11-8-5-7-3-4-9(7,8)2;1-3-2;1-2/h7H,4-6H2,1-3H3,(H2,13,15);7-8H,3-5H2,1-2H3;3H2,1-2H3;1-2H3. The minimum atomic E-state index is -0.513. The number of esters is 2. The molecule has 3 atom stereocenters. The highest BCUT2D eigenvalue weighted by atomic mass is 16.6. The second-order valence-corrected chi connectivity index (χ2v) is 9.22. The molecule has 2 saturated carbocycles. The molecular formula is C26H46N6O5. The van der Waals surface area contributed by atoms with Crippen LogP contribution in [0.2, 0.25) is 0 Å². The molecule has 0 spiro atoms. The summed E-state index contributed by atoms with van der Waals surface area (Å²) in [6.45, 7) is 18.0. The Hall–Kier alpha value is -2.98. The van der Waals surface area contributed by atoms with E-state index in [4.69, 9.17) is 15.2 Å². The van der Waals surface area contributed by atoms with E-state index >= 15 is 0 Å². The van der Waals surface area contributed by atoms with Gasteiger partial charge in [0.1, 0.15) is 6.10 Å². The number of nitrogens with two attached hydrogens (primary N) is 1. The van der Waals surface area contributed by atoms with Crippen LogP contribution in [0, 0.1) is 11.3 Å². The van der Waals surface area contributed by atoms with Gasteiger partial charge in [-0.2, -0.15) is 4.68 Å². The van der Waals surface area contributed by atoms with Crippen LogP contribution >= 0.6 is 0 Å². The Labute approximate surface area is 220 Å². The SMILES string of the molecule is CC.CC(=O)OC1CC2CCC21C.CCC.CCOC(=O)c1nnn(-c2nonc2N)c1C(CC)CC. The van der Waals surface area contributed by atoms with Crippen molar-refractivity contribution >= 4 is 17.8 Å². The van der Waals surface area contributed by atoms with Crippen molar-refractivity contribution < 1.29 is 23.7 Å². The molecule has 210 valence electrons. The minimum absolute atomic E-state index is 0.0653. The molecule has 2 N–H and O–H groups in total. The first-order chi connectivity index (χ1) is 17.7. The number of hydrogen-bond donors (Lipinski definition) is 1. The number of aromatic nitrogens is 5. The Morgan fingerprint density at radius 1 is 1.16 bits per heavy atom. The maximum absolute atomic E-state index is 12.0. The van der Waals surface area contributed by atoms with E-state index < -0.39 is 5.97 Å². The number of nitrogens with zero attached hydrogens (tertiary/aromatic N) is 5. The summed E-state index contributed by atoms with van der Waals surface area (Å²) in [5, 5.41) is 15.1. The van der Waals surface area contributed by atoms with Gasteiger partial charge in [-0.25, -0.2) is 9.42 Å². The zero-order valence-electron chi connectivity index (χ0n) is 24.0. The van der Waals surface area contributed by atoms with Crippen LogP contribution in [0.5, 0.6) is 0 Å². The lowest BCUT2D eigenvalue weighted by atomic mass is 9.47. The quantitative estimate of drug-likeness (QED) is 0.462. The summed E-state index contributed by atoms with van der Waals surface area (Å²) in [5.74, 6) is 0.590. The molecule has 0 aromatic carbocycles. The van der Waals surface area contributed by atoms with Crippen molar-refractivity contribution in [1.29, 1.82) is 0 Å². The second kappa shape index (κ2) is 15.3. The average molecular weight is 523 g/mol. The first kappa shape index (κ1) is 32.0. The number of rotatable bonds is 7. The number of carbonyl (C=O) groups is 2. The van der Waals surface area contributed by atoms with Crippen LogP contribution in [0.3, 0.4) is 0 Å². The van der Waals surface area contributed by atoms with Crippen LogP contribution in [-0.2, 0) is 14.3 Å². The van der Waals surface area contributed by atoms with Crippen molar-refractivity contribution in [1.82, 2.24) is 25.3 Å². The Bertz CT molecular complexity index is 971. The second-order valence-electron chi connectivity index (χ2n) is 9.22. The van der Waals surface area contributed by atoms with Gasteiger partial charge in [0.05, 0.1) is 12.3 Å². The third-order valence-corrected chi connectivity index (χ3v) is 6.75. The molecule has 0 bridgehead atoms. The van der Waals surface area contributed by atoms with Crippen LogP contribution < -0.4 is 5.73 Å². The summed E-state index contributed by atoms with van der Waals surface area (Å²) < 4.78 is 16.2. The molecule has 2 aliphatic rings. The first-order valence-electron chi connectivity index (χ1n) is 13.6. The molecule has 0 amide bonds. The Morgan fingerprint density at radius 2 is 1.78 bits per heavy atom. The lowest BCUT2D eigenvalue weighted by Gasteiger charge is -2.61. The fraction of sp³-hybridized carbons (Fsp3) is 0.769. The molecule has 2 aromatic heterocycles. The van der Waals surface area contributed by atoms with Crippen LogP contribution in [0.4, 0.5) is 5.82 Å². The monoisotopic (exact) mass is 522 g/mol. The fourth-order valence-electron chi connectivity index (χ4n) is 4.53. The normalized spacial score (nSPS) is 20.8. The van der Waals surface area contributed by atoms with Crippen LogP contribution in [0.1, 0.15) is 123 Å². The molecule has 4 rings (SSSR count). The van der Waals surface area contributed by atoms with E-state index in [0.717, 1.165) is 25.2 Å². The van der Waals surface area contributed by atoms with E-state index in [1.165, 1.54) is 30.9 Å². The van der Waals surface area contributed by atoms with Gasteiger partial charge in [-0.15, -0.1) is 5.10 Å².